The molecule has 2 aliphatic heterocycles. The van der Waals surface area contributed by atoms with Gasteiger partial charge in [0.25, 0.3) is 0 Å². The fourth-order valence-corrected chi connectivity index (χ4v) is 2.89. The third-order valence-electron chi connectivity index (χ3n) is 4.02. The second-order valence-corrected chi connectivity index (χ2v) is 5.37. The molecule has 2 fully saturated rings. The van der Waals surface area contributed by atoms with Crippen molar-refractivity contribution in [3.63, 3.8) is 0 Å². The molecule has 2 aliphatic rings. The summed E-state index contributed by atoms with van der Waals surface area (Å²) in [5.41, 5.74) is -0.378. The molecule has 1 unspecified atom stereocenters. The SMILES string of the molecule is C=CCOC(=O)N1CCC2(CCCC(C(=O)O)O2)CC1. The highest BCUT2D eigenvalue weighted by molar-refractivity contribution is 5.72. The minimum absolute atomic E-state index is 0.206. The summed E-state index contributed by atoms with van der Waals surface area (Å²) in [5.74, 6) is -0.892. The quantitative estimate of drug-likeness (QED) is 0.799. The lowest BCUT2D eigenvalue weighted by Gasteiger charge is -2.45. The van der Waals surface area contributed by atoms with Crippen molar-refractivity contribution in [1.29, 1.82) is 0 Å². The highest BCUT2D eigenvalue weighted by Gasteiger charge is 2.42. The molecule has 0 aromatic heterocycles. The Morgan fingerprint density at radius 1 is 1.40 bits per heavy atom. The Labute approximate surface area is 118 Å². The molecule has 0 aromatic rings. The summed E-state index contributed by atoms with van der Waals surface area (Å²) in [5, 5.41) is 9.07. The van der Waals surface area contributed by atoms with Crippen molar-refractivity contribution in [2.75, 3.05) is 19.7 Å². The van der Waals surface area contributed by atoms with E-state index in [1.807, 2.05) is 0 Å². The number of hydrogen-bond acceptors (Lipinski definition) is 4. The summed E-state index contributed by atoms with van der Waals surface area (Å²) < 4.78 is 10.8. The van der Waals surface area contributed by atoms with Crippen LogP contribution in [0.3, 0.4) is 0 Å². The molecule has 1 atom stereocenters. The molecular formula is C14H21NO5. The maximum absolute atomic E-state index is 11.7. The van der Waals surface area contributed by atoms with Gasteiger partial charge in [0, 0.05) is 13.1 Å². The van der Waals surface area contributed by atoms with Crippen molar-refractivity contribution >= 4 is 12.1 Å². The number of ether oxygens (including phenoxy) is 2. The summed E-state index contributed by atoms with van der Waals surface area (Å²) in [6.45, 7) is 4.79. The van der Waals surface area contributed by atoms with Gasteiger partial charge < -0.3 is 19.5 Å². The summed E-state index contributed by atoms with van der Waals surface area (Å²) in [6.07, 6.45) is 4.12. The van der Waals surface area contributed by atoms with Crippen LogP contribution in [0.15, 0.2) is 12.7 Å². The zero-order valence-electron chi connectivity index (χ0n) is 11.5. The molecule has 0 bridgehead atoms. The minimum Gasteiger partial charge on any atom is -0.479 e. The molecule has 0 radical (unpaired) electrons. The van der Waals surface area contributed by atoms with Gasteiger partial charge in [0.2, 0.25) is 0 Å². The van der Waals surface area contributed by atoms with Gasteiger partial charge in [0.1, 0.15) is 6.61 Å². The number of hydrogen-bond donors (Lipinski definition) is 1. The number of rotatable bonds is 3. The zero-order chi connectivity index (χ0) is 14.6. The Balaban J connectivity index is 1.88. The van der Waals surface area contributed by atoms with Gasteiger partial charge in [-0.15, -0.1) is 0 Å². The average molecular weight is 283 g/mol. The minimum atomic E-state index is -0.892. The predicted molar refractivity (Wildman–Crippen MR) is 71.4 cm³/mol. The normalized spacial score (nSPS) is 25.2. The molecule has 0 aliphatic carbocycles. The number of nitrogens with zero attached hydrogens (tertiary/aromatic N) is 1. The van der Waals surface area contributed by atoms with Crippen molar-refractivity contribution in [3.8, 4) is 0 Å². The van der Waals surface area contributed by atoms with E-state index in [4.69, 9.17) is 14.6 Å². The number of likely N-dealkylation sites (tertiary alicyclic amines) is 1. The van der Waals surface area contributed by atoms with Gasteiger partial charge in [-0.05, 0) is 32.1 Å². The monoisotopic (exact) mass is 283 g/mol. The van der Waals surface area contributed by atoms with E-state index in [9.17, 15) is 9.59 Å². The third-order valence-corrected chi connectivity index (χ3v) is 4.02. The molecular weight excluding hydrogens is 262 g/mol. The molecule has 2 rings (SSSR count). The molecule has 1 amide bonds. The van der Waals surface area contributed by atoms with Gasteiger partial charge in [-0.2, -0.15) is 0 Å². The van der Waals surface area contributed by atoms with Crippen LogP contribution < -0.4 is 0 Å². The van der Waals surface area contributed by atoms with E-state index in [-0.39, 0.29) is 18.3 Å². The van der Waals surface area contributed by atoms with Gasteiger partial charge in [0.15, 0.2) is 6.10 Å². The first-order valence-electron chi connectivity index (χ1n) is 6.99. The van der Waals surface area contributed by atoms with Gasteiger partial charge in [0.05, 0.1) is 5.60 Å². The molecule has 2 saturated heterocycles. The van der Waals surface area contributed by atoms with Crippen LogP contribution in [-0.2, 0) is 14.3 Å². The van der Waals surface area contributed by atoms with Gasteiger partial charge in [-0.3, -0.25) is 0 Å². The van der Waals surface area contributed by atoms with E-state index in [0.717, 1.165) is 12.8 Å². The molecule has 0 aromatic carbocycles. The fourth-order valence-electron chi connectivity index (χ4n) is 2.89. The van der Waals surface area contributed by atoms with Crippen LogP contribution in [0.1, 0.15) is 32.1 Å². The maximum Gasteiger partial charge on any atom is 0.410 e. The standard InChI is InChI=1S/C14H21NO5/c1-2-10-19-13(18)15-8-6-14(7-9-15)5-3-4-11(20-14)12(16)17/h2,11H,1,3-10H2,(H,16,17). The molecule has 2 heterocycles. The first-order chi connectivity index (χ1) is 9.56. The topological polar surface area (TPSA) is 76.1 Å². The zero-order valence-corrected chi connectivity index (χ0v) is 11.5. The van der Waals surface area contributed by atoms with E-state index in [1.165, 1.54) is 6.08 Å². The highest BCUT2D eigenvalue weighted by Crippen LogP contribution is 2.37. The average Bonchev–Trinajstić information content (AvgIpc) is 2.45. The van der Waals surface area contributed by atoms with Gasteiger partial charge in [-0.25, -0.2) is 9.59 Å². The van der Waals surface area contributed by atoms with Crippen molar-refractivity contribution < 1.29 is 24.2 Å². The first kappa shape index (κ1) is 14.8. The Morgan fingerprint density at radius 2 is 2.10 bits per heavy atom. The van der Waals surface area contributed by atoms with Crippen LogP contribution in [0.4, 0.5) is 4.79 Å². The summed E-state index contributed by atoms with van der Waals surface area (Å²) in [4.78, 5) is 24.4. The van der Waals surface area contributed by atoms with E-state index in [0.29, 0.717) is 32.4 Å². The van der Waals surface area contributed by atoms with Gasteiger partial charge >= 0.3 is 12.1 Å². The summed E-state index contributed by atoms with van der Waals surface area (Å²) >= 11 is 0. The summed E-state index contributed by atoms with van der Waals surface area (Å²) in [6, 6.07) is 0. The van der Waals surface area contributed by atoms with Crippen LogP contribution in [0.2, 0.25) is 0 Å². The van der Waals surface area contributed by atoms with Crippen LogP contribution in [0, 0.1) is 0 Å². The first-order valence-corrected chi connectivity index (χ1v) is 6.99. The smallest absolute Gasteiger partial charge is 0.410 e. The highest BCUT2D eigenvalue weighted by atomic mass is 16.6. The molecule has 112 valence electrons. The number of piperidine rings is 1. The molecule has 0 saturated carbocycles. The molecule has 1 N–H and O–H groups in total. The number of amides is 1. The van der Waals surface area contributed by atoms with Crippen molar-refractivity contribution in [1.82, 2.24) is 4.90 Å². The van der Waals surface area contributed by atoms with Crippen molar-refractivity contribution in [2.45, 2.75) is 43.8 Å². The summed E-state index contributed by atoms with van der Waals surface area (Å²) in [7, 11) is 0. The number of carbonyl (C=O) groups is 2. The lowest BCUT2D eigenvalue weighted by Crippen LogP contribution is -2.52. The van der Waals surface area contributed by atoms with Crippen LogP contribution >= 0.6 is 0 Å². The van der Waals surface area contributed by atoms with Crippen LogP contribution in [0.25, 0.3) is 0 Å². The second kappa shape index (κ2) is 6.26. The fraction of sp³-hybridized carbons (Fsp3) is 0.714. The Kier molecular flexibility index (Phi) is 4.65. The molecule has 6 nitrogen and oxygen atoms in total. The van der Waals surface area contributed by atoms with Crippen molar-refractivity contribution in [3.05, 3.63) is 12.7 Å². The number of aliphatic carboxylic acids is 1. The van der Waals surface area contributed by atoms with E-state index < -0.39 is 12.1 Å². The molecule has 1 spiro atoms. The number of carboxylic acid groups (broad SMARTS) is 1. The number of carboxylic acids is 1. The predicted octanol–water partition coefficient (Wildman–Crippen LogP) is 1.80. The molecule has 20 heavy (non-hydrogen) atoms. The number of carbonyl (C=O) groups excluding carboxylic acids is 1. The molecule has 6 heteroatoms. The van der Waals surface area contributed by atoms with Crippen LogP contribution in [-0.4, -0.2) is 53.5 Å². The lowest BCUT2D eigenvalue weighted by atomic mass is 9.83. The van der Waals surface area contributed by atoms with Gasteiger partial charge in [-0.1, -0.05) is 12.7 Å². The third kappa shape index (κ3) is 3.30. The maximum atomic E-state index is 11.7. The second-order valence-electron chi connectivity index (χ2n) is 5.37. The lowest BCUT2D eigenvalue weighted by molar-refractivity contribution is -0.183. The largest absolute Gasteiger partial charge is 0.479 e. The van der Waals surface area contributed by atoms with E-state index >= 15 is 0 Å². The van der Waals surface area contributed by atoms with E-state index in [2.05, 4.69) is 6.58 Å². The van der Waals surface area contributed by atoms with E-state index in [1.54, 1.807) is 4.90 Å². The Morgan fingerprint density at radius 3 is 2.70 bits per heavy atom. The Hall–Kier alpha value is -1.56. The Bertz CT molecular complexity index is 387. The van der Waals surface area contributed by atoms with Crippen LogP contribution in [0.5, 0.6) is 0 Å². The van der Waals surface area contributed by atoms with Crippen molar-refractivity contribution in [2.24, 2.45) is 0 Å².